The minimum atomic E-state index is -0.874. The van der Waals surface area contributed by atoms with Crippen LogP contribution >= 0.6 is 11.6 Å². The molecule has 3 rings (SSSR count). The summed E-state index contributed by atoms with van der Waals surface area (Å²) in [6.07, 6.45) is 2.86. The molecule has 0 radical (unpaired) electrons. The summed E-state index contributed by atoms with van der Waals surface area (Å²) in [5.74, 6) is -1.78. The summed E-state index contributed by atoms with van der Waals surface area (Å²) < 4.78 is 4.86. The van der Waals surface area contributed by atoms with E-state index in [-0.39, 0.29) is 0 Å². The molecule has 1 heterocycles. The lowest BCUT2D eigenvalue weighted by molar-refractivity contribution is -0.150. The zero-order chi connectivity index (χ0) is 18.7. The molecule has 8 nitrogen and oxygen atoms in total. The van der Waals surface area contributed by atoms with Crippen molar-refractivity contribution < 1.29 is 23.9 Å². The van der Waals surface area contributed by atoms with Crippen LogP contribution in [0.25, 0.3) is 0 Å². The van der Waals surface area contributed by atoms with Crippen molar-refractivity contribution in [1.82, 2.24) is 10.2 Å². The monoisotopic (exact) mass is 379 g/mol. The third kappa shape index (κ3) is 3.80. The molecule has 1 aliphatic carbocycles. The first-order chi connectivity index (χ1) is 12.4. The van der Waals surface area contributed by atoms with Crippen molar-refractivity contribution in [3.05, 3.63) is 29.3 Å². The fourth-order valence-corrected chi connectivity index (χ4v) is 3.41. The van der Waals surface area contributed by atoms with Gasteiger partial charge in [-0.2, -0.15) is 0 Å². The highest BCUT2D eigenvalue weighted by Gasteiger charge is 2.52. The molecule has 26 heavy (non-hydrogen) atoms. The van der Waals surface area contributed by atoms with Crippen LogP contribution in [0.2, 0.25) is 5.02 Å². The van der Waals surface area contributed by atoms with Gasteiger partial charge in [-0.25, -0.2) is 4.79 Å². The molecule has 0 aromatic heterocycles. The number of anilines is 1. The molecule has 1 saturated carbocycles. The molecule has 0 unspecified atom stereocenters. The first-order valence-electron chi connectivity index (χ1n) is 8.25. The van der Waals surface area contributed by atoms with E-state index in [1.54, 1.807) is 24.3 Å². The summed E-state index contributed by atoms with van der Waals surface area (Å²) in [5, 5.41) is 5.66. The lowest BCUT2D eigenvalue weighted by Gasteiger charge is -2.19. The molecule has 9 heteroatoms. The van der Waals surface area contributed by atoms with Gasteiger partial charge in [0.25, 0.3) is 11.8 Å². The molecular formula is C17H18ClN3O5. The number of hydrogen-bond acceptors (Lipinski definition) is 5. The number of carbonyl (C=O) groups is 4. The smallest absolute Gasteiger partial charge is 0.326 e. The van der Waals surface area contributed by atoms with E-state index in [9.17, 15) is 19.2 Å². The molecular weight excluding hydrogens is 362 g/mol. The minimum absolute atomic E-state index is 0.402. The third-order valence-corrected chi connectivity index (χ3v) is 4.70. The van der Waals surface area contributed by atoms with E-state index in [1.807, 2.05) is 0 Å². The number of amides is 4. The van der Waals surface area contributed by atoms with Gasteiger partial charge in [-0.3, -0.25) is 19.3 Å². The second kappa shape index (κ2) is 7.33. The summed E-state index contributed by atoms with van der Waals surface area (Å²) in [5.41, 5.74) is -0.405. The van der Waals surface area contributed by atoms with Crippen LogP contribution in [0.1, 0.15) is 25.7 Å². The van der Waals surface area contributed by atoms with Gasteiger partial charge in [0, 0.05) is 10.7 Å². The zero-order valence-corrected chi connectivity index (χ0v) is 14.7. The Morgan fingerprint density at radius 2 is 2.00 bits per heavy atom. The van der Waals surface area contributed by atoms with E-state index in [2.05, 4.69) is 10.6 Å². The van der Waals surface area contributed by atoms with Crippen molar-refractivity contribution in [3.8, 4) is 0 Å². The Bertz CT molecular complexity index is 761. The van der Waals surface area contributed by atoms with E-state index in [1.165, 1.54) is 0 Å². The molecule has 2 fully saturated rings. The number of urea groups is 1. The Balaban J connectivity index is 1.49. The Labute approximate surface area is 154 Å². The molecule has 2 N–H and O–H groups in total. The molecule has 1 aromatic carbocycles. The number of nitrogens with one attached hydrogen (secondary N) is 2. The number of rotatable bonds is 5. The Hall–Kier alpha value is -2.61. The predicted molar refractivity (Wildman–Crippen MR) is 92.5 cm³/mol. The molecule has 138 valence electrons. The fourth-order valence-electron chi connectivity index (χ4n) is 3.22. The Morgan fingerprint density at radius 1 is 1.27 bits per heavy atom. The van der Waals surface area contributed by atoms with Crippen molar-refractivity contribution in [2.75, 3.05) is 18.5 Å². The zero-order valence-electron chi connectivity index (χ0n) is 13.9. The van der Waals surface area contributed by atoms with Crippen LogP contribution in [0.5, 0.6) is 0 Å². The maximum absolute atomic E-state index is 12.4. The van der Waals surface area contributed by atoms with Crippen molar-refractivity contribution in [2.45, 2.75) is 31.2 Å². The minimum Gasteiger partial charge on any atom is -0.454 e. The van der Waals surface area contributed by atoms with Gasteiger partial charge < -0.3 is 15.4 Å². The van der Waals surface area contributed by atoms with Gasteiger partial charge in [0.1, 0.15) is 12.1 Å². The number of ether oxygens (including phenoxy) is 1. The van der Waals surface area contributed by atoms with E-state index in [0.717, 1.165) is 17.7 Å². The van der Waals surface area contributed by atoms with Gasteiger partial charge in [0.2, 0.25) is 0 Å². The maximum Gasteiger partial charge on any atom is 0.326 e. The van der Waals surface area contributed by atoms with Crippen LogP contribution < -0.4 is 10.6 Å². The molecule has 0 bridgehead atoms. The summed E-state index contributed by atoms with van der Waals surface area (Å²) in [4.78, 5) is 49.0. The summed E-state index contributed by atoms with van der Waals surface area (Å²) in [7, 11) is 0. The number of carbonyl (C=O) groups excluding carboxylic acids is 4. The summed E-state index contributed by atoms with van der Waals surface area (Å²) >= 11 is 5.82. The van der Waals surface area contributed by atoms with Gasteiger partial charge in [-0.1, -0.05) is 30.5 Å². The average molecular weight is 380 g/mol. The van der Waals surface area contributed by atoms with Crippen LogP contribution in [-0.2, 0) is 19.1 Å². The van der Waals surface area contributed by atoms with Crippen LogP contribution in [0.4, 0.5) is 10.5 Å². The number of imide groups is 1. The summed E-state index contributed by atoms with van der Waals surface area (Å²) in [6.45, 7) is -1.04. The van der Waals surface area contributed by atoms with Gasteiger partial charge in [-0.05, 0) is 31.0 Å². The van der Waals surface area contributed by atoms with E-state index >= 15 is 0 Å². The van der Waals surface area contributed by atoms with Gasteiger partial charge in [-0.15, -0.1) is 0 Å². The highest BCUT2D eigenvalue weighted by molar-refractivity contribution is 6.30. The molecule has 4 amide bonds. The lowest BCUT2D eigenvalue weighted by Crippen LogP contribution is -2.44. The summed E-state index contributed by atoms with van der Waals surface area (Å²) in [6, 6.07) is 5.92. The topological polar surface area (TPSA) is 105 Å². The number of benzene rings is 1. The first kappa shape index (κ1) is 18.2. The highest BCUT2D eigenvalue weighted by atomic mass is 35.5. The maximum atomic E-state index is 12.4. The lowest BCUT2D eigenvalue weighted by atomic mass is 9.98. The first-order valence-corrected chi connectivity index (χ1v) is 8.63. The number of esters is 1. The molecule has 2 aliphatic rings. The van der Waals surface area contributed by atoms with Gasteiger partial charge in [0.15, 0.2) is 6.61 Å². The highest BCUT2D eigenvalue weighted by Crippen LogP contribution is 2.34. The average Bonchev–Trinajstić information content (AvgIpc) is 3.14. The van der Waals surface area contributed by atoms with Gasteiger partial charge in [0.05, 0.1) is 0 Å². The van der Waals surface area contributed by atoms with E-state index in [0.29, 0.717) is 23.6 Å². The second-order valence-corrected chi connectivity index (χ2v) is 6.77. The molecule has 1 saturated heterocycles. The largest absolute Gasteiger partial charge is 0.454 e. The number of nitrogens with zero attached hydrogens (tertiary/aromatic N) is 1. The van der Waals surface area contributed by atoms with E-state index in [4.69, 9.17) is 16.3 Å². The molecule has 1 spiro atoms. The molecule has 1 aromatic rings. The number of hydrogen-bond donors (Lipinski definition) is 2. The van der Waals surface area contributed by atoms with Crippen molar-refractivity contribution in [2.24, 2.45) is 0 Å². The molecule has 0 atom stereocenters. The quantitative estimate of drug-likeness (QED) is 0.598. The Morgan fingerprint density at radius 3 is 2.69 bits per heavy atom. The normalized spacial score (nSPS) is 18.1. The van der Waals surface area contributed by atoms with Crippen LogP contribution in [0, 0.1) is 0 Å². The Kier molecular flexibility index (Phi) is 5.13. The SMILES string of the molecule is O=C(COC(=O)CN1C(=O)NC2(CCCC2)C1=O)Nc1cccc(Cl)c1. The fraction of sp³-hybridized carbons (Fsp3) is 0.412. The van der Waals surface area contributed by atoms with Crippen LogP contribution in [0.3, 0.4) is 0 Å². The van der Waals surface area contributed by atoms with Crippen molar-refractivity contribution in [1.29, 1.82) is 0 Å². The predicted octanol–water partition coefficient (Wildman–Crippen LogP) is 1.69. The van der Waals surface area contributed by atoms with Crippen LogP contribution in [0.15, 0.2) is 24.3 Å². The second-order valence-electron chi connectivity index (χ2n) is 6.33. The van der Waals surface area contributed by atoms with Gasteiger partial charge >= 0.3 is 12.0 Å². The van der Waals surface area contributed by atoms with E-state index < -0.39 is 42.5 Å². The third-order valence-electron chi connectivity index (χ3n) is 4.46. The van der Waals surface area contributed by atoms with Crippen molar-refractivity contribution in [3.63, 3.8) is 0 Å². The standard InChI is InChI=1S/C17H18ClN3O5/c18-11-4-3-5-12(8-11)19-13(22)10-26-14(23)9-21-15(24)17(20-16(21)25)6-1-2-7-17/h3-5,8H,1-2,6-7,9-10H2,(H,19,22)(H,20,25). The van der Waals surface area contributed by atoms with Crippen molar-refractivity contribution >= 4 is 41.1 Å². The van der Waals surface area contributed by atoms with Crippen LogP contribution in [-0.4, -0.2) is 47.4 Å². The number of halogens is 1. The molecule has 1 aliphatic heterocycles.